The summed E-state index contributed by atoms with van der Waals surface area (Å²) in [6.45, 7) is 0. The molecular weight excluding hydrogens is 366 g/mol. The van der Waals surface area contributed by atoms with Gasteiger partial charge in [0.1, 0.15) is 17.4 Å². The lowest BCUT2D eigenvalue weighted by atomic mass is 9.91. The zero-order valence-corrected chi connectivity index (χ0v) is 15.9. The molecule has 1 aromatic carbocycles. The molecule has 1 aromatic heterocycles. The van der Waals surface area contributed by atoms with Gasteiger partial charge in [-0.3, -0.25) is 4.79 Å². The molecule has 1 heterocycles. The first-order valence-electron chi connectivity index (χ1n) is 8.91. The van der Waals surface area contributed by atoms with E-state index in [4.69, 9.17) is 27.8 Å². The first-order valence-corrected chi connectivity index (χ1v) is 9.29. The maximum atomic E-state index is 11.9. The lowest BCUT2D eigenvalue weighted by molar-refractivity contribution is 0.100. The summed E-state index contributed by atoms with van der Waals surface area (Å²) in [5.41, 5.74) is 12.6. The van der Waals surface area contributed by atoms with Crippen molar-refractivity contribution in [3.8, 4) is 5.75 Å². The number of pyridine rings is 1. The summed E-state index contributed by atoms with van der Waals surface area (Å²) in [4.78, 5) is 16.4. The minimum atomic E-state index is -0.615. The SMILES string of the molecule is COc1cccc(Nc2nc(NC3CCCC[C@@H]3N)c(Cl)cc2C(N)=O)c1. The monoisotopic (exact) mass is 389 g/mol. The number of hydrogen-bond donors (Lipinski definition) is 4. The first-order chi connectivity index (χ1) is 13.0. The van der Waals surface area contributed by atoms with Gasteiger partial charge in [0.05, 0.1) is 17.7 Å². The summed E-state index contributed by atoms with van der Waals surface area (Å²) < 4.78 is 5.23. The quantitative estimate of drug-likeness (QED) is 0.602. The molecule has 7 nitrogen and oxygen atoms in total. The van der Waals surface area contributed by atoms with E-state index in [1.165, 1.54) is 6.07 Å². The highest BCUT2D eigenvalue weighted by Crippen LogP contribution is 2.30. The molecule has 6 N–H and O–H groups in total. The average molecular weight is 390 g/mol. The Morgan fingerprint density at radius 3 is 2.74 bits per heavy atom. The molecule has 1 amide bonds. The summed E-state index contributed by atoms with van der Waals surface area (Å²) in [7, 11) is 1.59. The van der Waals surface area contributed by atoms with Crippen molar-refractivity contribution >= 4 is 34.8 Å². The molecule has 1 fully saturated rings. The fraction of sp³-hybridized carbons (Fsp3) is 0.368. The van der Waals surface area contributed by atoms with Crippen LogP contribution in [-0.2, 0) is 0 Å². The number of ether oxygens (including phenoxy) is 1. The average Bonchev–Trinajstić information content (AvgIpc) is 2.66. The van der Waals surface area contributed by atoms with Gasteiger partial charge in [0.15, 0.2) is 0 Å². The Kier molecular flexibility index (Phi) is 6.03. The van der Waals surface area contributed by atoms with Crippen LogP contribution in [0.15, 0.2) is 30.3 Å². The summed E-state index contributed by atoms with van der Waals surface area (Å²) in [6, 6.07) is 8.96. The third-order valence-electron chi connectivity index (χ3n) is 4.72. The number of primary amides is 1. The maximum Gasteiger partial charge on any atom is 0.252 e. The van der Waals surface area contributed by atoms with Gasteiger partial charge < -0.3 is 26.8 Å². The zero-order valence-electron chi connectivity index (χ0n) is 15.2. The number of halogens is 1. The summed E-state index contributed by atoms with van der Waals surface area (Å²) in [5.74, 6) is 0.873. The van der Waals surface area contributed by atoms with Crippen LogP contribution in [0.25, 0.3) is 0 Å². The molecule has 2 aromatic rings. The van der Waals surface area contributed by atoms with Gasteiger partial charge in [0, 0.05) is 23.8 Å². The molecule has 27 heavy (non-hydrogen) atoms. The van der Waals surface area contributed by atoms with Gasteiger partial charge in [-0.2, -0.15) is 0 Å². The molecule has 0 aliphatic heterocycles. The number of nitrogens with one attached hydrogen (secondary N) is 2. The number of hydrogen-bond acceptors (Lipinski definition) is 6. The van der Waals surface area contributed by atoms with Crippen molar-refractivity contribution in [3.05, 3.63) is 40.9 Å². The fourth-order valence-corrected chi connectivity index (χ4v) is 3.43. The highest BCUT2D eigenvalue weighted by molar-refractivity contribution is 6.33. The Labute approximate surface area is 163 Å². The lowest BCUT2D eigenvalue weighted by Crippen LogP contribution is -2.42. The minimum Gasteiger partial charge on any atom is -0.497 e. The van der Waals surface area contributed by atoms with Crippen LogP contribution < -0.4 is 26.8 Å². The molecule has 0 saturated heterocycles. The van der Waals surface area contributed by atoms with Crippen LogP contribution in [-0.4, -0.2) is 30.1 Å². The van der Waals surface area contributed by atoms with E-state index >= 15 is 0 Å². The molecule has 0 spiro atoms. The van der Waals surface area contributed by atoms with E-state index in [0.717, 1.165) is 25.7 Å². The Morgan fingerprint density at radius 1 is 1.26 bits per heavy atom. The zero-order chi connectivity index (χ0) is 19.4. The third-order valence-corrected chi connectivity index (χ3v) is 5.00. The second kappa shape index (κ2) is 8.45. The number of carbonyl (C=O) groups is 1. The van der Waals surface area contributed by atoms with Gasteiger partial charge in [0.25, 0.3) is 5.91 Å². The van der Waals surface area contributed by atoms with Crippen LogP contribution in [0, 0.1) is 0 Å². The van der Waals surface area contributed by atoms with Crippen molar-refractivity contribution in [3.63, 3.8) is 0 Å². The molecule has 1 unspecified atom stereocenters. The first kappa shape index (κ1) is 19.3. The van der Waals surface area contributed by atoms with Crippen molar-refractivity contribution in [1.82, 2.24) is 4.98 Å². The number of nitrogens with two attached hydrogens (primary N) is 2. The molecule has 1 aliphatic carbocycles. The van der Waals surface area contributed by atoms with Crippen LogP contribution in [0.4, 0.5) is 17.3 Å². The Bertz CT molecular complexity index is 830. The molecule has 3 rings (SSSR count). The van der Waals surface area contributed by atoms with Crippen LogP contribution in [0.2, 0.25) is 5.02 Å². The van der Waals surface area contributed by atoms with Crippen molar-refractivity contribution in [2.24, 2.45) is 11.5 Å². The van der Waals surface area contributed by atoms with Crippen molar-refractivity contribution in [2.45, 2.75) is 37.8 Å². The Balaban J connectivity index is 1.91. The Hall–Kier alpha value is -2.51. The predicted octanol–water partition coefficient (Wildman–Crippen LogP) is 3.27. The van der Waals surface area contributed by atoms with Gasteiger partial charge in [0.2, 0.25) is 0 Å². The smallest absolute Gasteiger partial charge is 0.252 e. The molecule has 8 heteroatoms. The van der Waals surface area contributed by atoms with E-state index < -0.39 is 5.91 Å². The van der Waals surface area contributed by atoms with Gasteiger partial charge in [-0.05, 0) is 31.0 Å². The standard InChI is InChI=1S/C19H24ClN5O2/c1-27-12-6-4-5-11(9-12)23-18-13(17(22)26)10-14(20)19(25-18)24-16-8-3-2-7-15(16)21/h4-6,9-10,15-16H,2-3,7-8,21H2,1H3,(H2,22,26)(H2,23,24,25)/t15-,16?/m0/s1. The Morgan fingerprint density at radius 2 is 2.04 bits per heavy atom. The van der Waals surface area contributed by atoms with Crippen molar-refractivity contribution in [1.29, 1.82) is 0 Å². The predicted molar refractivity (Wildman–Crippen MR) is 108 cm³/mol. The van der Waals surface area contributed by atoms with E-state index in [-0.39, 0.29) is 17.6 Å². The number of aromatic nitrogens is 1. The number of anilines is 3. The van der Waals surface area contributed by atoms with Crippen LogP contribution in [0.3, 0.4) is 0 Å². The molecule has 1 aliphatic rings. The molecule has 1 saturated carbocycles. The number of benzene rings is 1. The highest BCUT2D eigenvalue weighted by Gasteiger charge is 2.24. The largest absolute Gasteiger partial charge is 0.497 e. The second-order valence-corrected chi connectivity index (χ2v) is 7.04. The number of carbonyl (C=O) groups excluding carboxylic acids is 1. The van der Waals surface area contributed by atoms with E-state index in [2.05, 4.69) is 15.6 Å². The van der Waals surface area contributed by atoms with Gasteiger partial charge in [-0.1, -0.05) is 30.5 Å². The maximum absolute atomic E-state index is 11.9. The lowest BCUT2D eigenvalue weighted by Gasteiger charge is -2.30. The number of amides is 1. The summed E-state index contributed by atoms with van der Waals surface area (Å²) in [6.07, 6.45) is 4.15. The van der Waals surface area contributed by atoms with Gasteiger partial charge >= 0.3 is 0 Å². The summed E-state index contributed by atoms with van der Waals surface area (Å²) >= 11 is 6.34. The molecule has 0 radical (unpaired) electrons. The molecule has 0 bridgehead atoms. The normalized spacial score (nSPS) is 19.4. The number of rotatable bonds is 6. The van der Waals surface area contributed by atoms with Crippen LogP contribution in [0.1, 0.15) is 36.0 Å². The van der Waals surface area contributed by atoms with E-state index in [9.17, 15) is 4.79 Å². The number of methoxy groups -OCH3 is 1. The molecule has 144 valence electrons. The third kappa shape index (κ3) is 4.61. The van der Waals surface area contributed by atoms with E-state index in [1.807, 2.05) is 18.2 Å². The van der Waals surface area contributed by atoms with Crippen molar-refractivity contribution < 1.29 is 9.53 Å². The second-order valence-electron chi connectivity index (χ2n) is 6.64. The minimum absolute atomic E-state index is 0.0437. The molecule has 2 atom stereocenters. The van der Waals surface area contributed by atoms with Crippen molar-refractivity contribution in [2.75, 3.05) is 17.7 Å². The fourth-order valence-electron chi connectivity index (χ4n) is 3.23. The van der Waals surface area contributed by atoms with Crippen LogP contribution >= 0.6 is 11.6 Å². The van der Waals surface area contributed by atoms with Gasteiger partial charge in [-0.15, -0.1) is 0 Å². The van der Waals surface area contributed by atoms with E-state index in [0.29, 0.717) is 28.1 Å². The van der Waals surface area contributed by atoms with Crippen LogP contribution in [0.5, 0.6) is 5.75 Å². The topological polar surface area (TPSA) is 115 Å². The highest BCUT2D eigenvalue weighted by atomic mass is 35.5. The van der Waals surface area contributed by atoms with E-state index in [1.54, 1.807) is 13.2 Å². The number of nitrogens with zero attached hydrogens (tertiary/aromatic N) is 1. The molecular formula is C19H24ClN5O2. The van der Waals surface area contributed by atoms with Gasteiger partial charge in [-0.25, -0.2) is 4.98 Å². The summed E-state index contributed by atoms with van der Waals surface area (Å²) in [5, 5.41) is 6.78.